The van der Waals surface area contributed by atoms with E-state index in [-0.39, 0.29) is 34.6 Å². The number of hydrogen-bond donors (Lipinski definition) is 3. The topological polar surface area (TPSA) is 79.2 Å². The zero-order valence-electron chi connectivity index (χ0n) is 24.7. The molecule has 37 heavy (non-hydrogen) atoms. The van der Waals surface area contributed by atoms with Crippen LogP contribution in [-0.2, 0) is 9.47 Å². The molecule has 212 valence electrons. The molecule has 13 atom stereocenters. The molecule has 0 radical (unpaired) electrons. The van der Waals surface area contributed by atoms with Crippen molar-refractivity contribution in [1.29, 1.82) is 0 Å². The molecule has 5 aliphatic carbocycles. The van der Waals surface area contributed by atoms with E-state index in [1.54, 1.807) is 0 Å². The van der Waals surface area contributed by atoms with Gasteiger partial charge in [-0.15, -0.1) is 0 Å². The van der Waals surface area contributed by atoms with E-state index in [2.05, 4.69) is 34.6 Å². The lowest BCUT2D eigenvalue weighted by Gasteiger charge is -2.63. The number of aliphatic hydroxyl groups is 3. The molecule has 2 spiro atoms. The van der Waals surface area contributed by atoms with Crippen LogP contribution >= 0.6 is 0 Å². The first kappa shape index (κ1) is 27.0. The minimum Gasteiger partial charge on any atom is -0.393 e. The van der Waals surface area contributed by atoms with Gasteiger partial charge in [-0.2, -0.15) is 0 Å². The average Bonchev–Trinajstić information content (AvgIpc) is 3.46. The maximum Gasteiger partial charge on any atom is 0.108 e. The van der Waals surface area contributed by atoms with Crippen LogP contribution in [0.1, 0.15) is 107 Å². The van der Waals surface area contributed by atoms with Gasteiger partial charge in [0.25, 0.3) is 0 Å². The number of hydrogen-bond acceptors (Lipinski definition) is 5. The summed E-state index contributed by atoms with van der Waals surface area (Å²) in [7, 11) is 0. The van der Waals surface area contributed by atoms with Gasteiger partial charge in [0.1, 0.15) is 6.10 Å². The summed E-state index contributed by atoms with van der Waals surface area (Å²) in [5.41, 5.74) is -0.211. The van der Waals surface area contributed by atoms with E-state index < -0.39 is 17.8 Å². The SMILES string of the molecule is CCOC(C)(C)[C@H](O)C1C[C@@H](C)C2C(O1)[C@H](O)[C@@]1(C)[C@@H]3CC[C@H]4C(C)(C)[C@@H](O)CC[C@@]45CC35CC[C@]21C. The van der Waals surface area contributed by atoms with Crippen molar-refractivity contribution in [2.45, 2.75) is 143 Å². The first-order valence-corrected chi connectivity index (χ1v) is 15.5. The molecule has 0 aromatic carbocycles. The second-order valence-electron chi connectivity index (χ2n) is 16.1. The van der Waals surface area contributed by atoms with Crippen molar-refractivity contribution in [1.82, 2.24) is 0 Å². The summed E-state index contributed by atoms with van der Waals surface area (Å²) in [5.74, 6) is 1.77. The first-order valence-electron chi connectivity index (χ1n) is 15.5. The Kier molecular flexibility index (Phi) is 5.81. The number of aliphatic hydroxyl groups excluding tert-OH is 3. The fraction of sp³-hybridized carbons (Fsp3) is 1.00. The molecular weight excluding hydrogens is 464 g/mol. The Hall–Kier alpha value is -0.200. The molecule has 4 unspecified atom stereocenters. The molecule has 0 aromatic heterocycles. The third-order valence-corrected chi connectivity index (χ3v) is 14.4. The van der Waals surface area contributed by atoms with Crippen molar-refractivity contribution in [2.75, 3.05) is 6.61 Å². The molecule has 1 saturated heterocycles. The third-order valence-electron chi connectivity index (χ3n) is 14.4. The van der Waals surface area contributed by atoms with E-state index in [9.17, 15) is 15.3 Å². The summed E-state index contributed by atoms with van der Waals surface area (Å²) in [6.07, 6.45) is 6.93. The molecule has 5 saturated carbocycles. The lowest BCUT2D eigenvalue weighted by Crippen LogP contribution is -2.59. The monoisotopic (exact) mass is 518 g/mol. The van der Waals surface area contributed by atoms with E-state index >= 15 is 0 Å². The van der Waals surface area contributed by atoms with Crippen LogP contribution in [0.15, 0.2) is 0 Å². The molecule has 6 fully saturated rings. The lowest BCUT2D eigenvalue weighted by molar-refractivity contribution is -0.211. The average molecular weight is 519 g/mol. The Labute approximate surface area is 225 Å². The van der Waals surface area contributed by atoms with Crippen LogP contribution in [0.25, 0.3) is 0 Å². The molecule has 1 heterocycles. The van der Waals surface area contributed by atoms with Gasteiger partial charge in [-0.3, -0.25) is 0 Å². The molecule has 0 amide bonds. The van der Waals surface area contributed by atoms with Gasteiger partial charge in [0, 0.05) is 12.0 Å². The highest BCUT2D eigenvalue weighted by atomic mass is 16.5. The van der Waals surface area contributed by atoms with Crippen LogP contribution in [0.2, 0.25) is 0 Å². The highest BCUT2D eigenvalue weighted by Gasteiger charge is 2.84. The fourth-order valence-electron chi connectivity index (χ4n) is 12.4. The Morgan fingerprint density at radius 2 is 1.62 bits per heavy atom. The Morgan fingerprint density at radius 1 is 0.973 bits per heavy atom. The van der Waals surface area contributed by atoms with Crippen LogP contribution in [0, 0.1) is 50.7 Å². The summed E-state index contributed by atoms with van der Waals surface area (Å²) in [6, 6.07) is 0. The van der Waals surface area contributed by atoms with Crippen LogP contribution in [0.3, 0.4) is 0 Å². The van der Waals surface area contributed by atoms with Gasteiger partial charge in [0.05, 0.1) is 30.0 Å². The zero-order chi connectivity index (χ0) is 27.0. The summed E-state index contributed by atoms with van der Waals surface area (Å²) >= 11 is 0. The number of fused-ring (bicyclic) bond motifs is 4. The molecule has 1 aliphatic heterocycles. The van der Waals surface area contributed by atoms with E-state index in [1.807, 2.05) is 20.8 Å². The van der Waals surface area contributed by atoms with E-state index in [4.69, 9.17) is 9.47 Å². The van der Waals surface area contributed by atoms with Crippen molar-refractivity contribution in [2.24, 2.45) is 50.7 Å². The smallest absolute Gasteiger partial charge is 0.108 e. The number of rotatable bonds is 4. The van der Waals surface area contributed by atoms with Crippen molar-refractivity contribution < 1.29 is 24.8 Å². The minimum atomic E-state index is -0.726. The van der Waals surface area contributed by atoms with Crippen LogP contribution in [-0.4, -0.2) is 58.0 Å². The standard InChI is InChI=1S/C32H54O5/c1-9-36-28(5,6)25(34)19-16-18(2)23-24(37-19)26(35)30(8)21-11-10-20-27(3,4)22(33)12-13-31(20)17-32(21,31)15-14-29(23,30)7/h18-26,33-35H,9-17H2,1-8H3/t18-,19?,20+,21+,22+,23?,24?,25-,26+,29-,30-,31-,32?/m1/s1. The van der Waals surface area contributed by atoms with Gasteiger partial charge in [-0.25, -0.2) is 0 Å². The van der Waals surface area contributed by atoms with Crippen LogP contribution in [0.5, 0.6) is 0 Å². The van der Waals surface area contributed by atoms with Gasteiger partial charge in [0.15, 0.2) is 0 Å². The van der Waals surface area contributed by atoms with Crippen LogP contribution < -0.4 is 0 Å². The molecule has 5 nitrogen and oxygen atoms in total. The summed E-state index contributed by atoms with van der Waals surface area (Å²) < 4.78 is 12.7. The molecule has 6 rings (SSSR count). The predicted molar refractivity (Wildman–Crippen MR) is 144 cm³/mol. The summed E-state index contributed by atoms with van der Waals surface area (Å²) in [5, 5.41) is 34.6. The van der Waals surface area contributed by atoms with E-state index in [1.165, 1.54) is 19.3 Å². The molecule has 5 heteroatoms. The fourth-order valence-corrected chi connectivity index (χ4v) is 12.4. The van der Waals surface area contributed by atoms with Gasteiger partial charge in [-0.1, -0.05) is 34.6 Å². The van der Waals surface area contributed by atoms with Crippen molar-refractivity contribution in [3.05, 3.63) is 0 Å². The predicted octanol–water partition coefficient (Wildman–Crippen LogP) is 5.34. The first-order chi connectivity index (χ1) is 17.1. The molecule has 6 aliphatic rings. The Balaban J connectivity index is 1.33. The Bertz CT molecular complexity index is 932. The molecule has 3 N–H and O–H groups in total. The zero-order valence-corrected chi connectivity index (χ0v) is 24.7. The van der Waals surface area contributed by atoms with Crippen molar-refractivity contribution in [3.63, 3.8) is 0 Å². The van der Waals surface area contributed by atoms with Crippen LogP contribution in [0.4, 0.5) is 0 Å². The number of ether oxygens (including phenoxy) is 2. The van der Waals surface area contributed by atoms with Crippen molar-refractivity contribution in [3.8, 4) is 0 Å². The maximum absolute atomic E-state index is 12.3. The lowest BCUT2D eigenvalue weighted by atomic mass is 9.41. The van der Waals surface area contributed by atoms with E-state index in [0.717, 1.165) is 32.1 Å². The highest BCUT2D eigenvalue weighted by molar-refractivity contribution is 5.32. The highest BCUT2D eigenvalue weighted by Crippen LogP contribution is 2.89. The van der Waals surface area contributed by atoms with E-state index in [0.29, 0.717) is 41.1 Å². The molecule has 0 bridgehead atoms. The quantitative estimate of drug-likeness (QED) is 0.468. The van der Waals surface area contributed by atoms with Gasteiger partial charge < -0.3 is 24.8 Å². The largest absolute Gasteiger partial charge is 0.393 e. The molecular formula is C32H54O5. The third kappa shape index (κ3) is 3.05. The maximum atomic E-state index is 12.3. The second kappa shape index (κ2) is 7.96. The second-order valence-corrected chi connectivity index (χ2v) is 16.1. The van der Waals surface area contributed by atoms with Crippen molar-refractivity contribution >= 4 is 0 Å². The normalized spacial score (nSPS) is 56.8. The van der Waals surface area contributed by atoms with Gasteiger partial charge in [0.2, 0.25) is 0 Å². The molecule has 0 aromatic rings. The van der Waals surface area contributed by atoms with Gasteiger partial charge >= 0.3 is 0 Å². The summed E-state index contributed by atoms with van der Waals surface area (Å²) in [4.78, 5) is 0. The Morgan fingerprint density at radius 3 is 2.30 bits per heavy atom. The summed E-state index contributed by atoms with van der Waals surface area (Å²) in [6.45, 7) is 18.3. The minimum absolute atomic E-state index is 0.0228. The van der Waals surface area contributed by atoms with Gasteiger partial charge in [-0.05, 0) is 117 Å².